The molecule has 0 radical (unpaired) electrons. The summed E-state index contributed by atoms with van der Waals surface area (Å²) in [5.41, 5.74) is 0.714. The molecule has 3 rings (SSSR count). The summed E-state index contributed by atoms with van der Waals surface area (Å²) in [5, 5.41) is 4.25. The first kappa shape index (κ1) is 20.1. The molecule has 1 saturated heterocycles. The molecule has 142 valence electrons. The van der Waals surface area contributed by atoms with Gasteiger partial charge in [0.05, 0.1) is 16.7 Å². The molecule has 1 N–H and O–H groups in total. The number of thioether (sulfide) groups is 1. The fraction of sp³-hybridized carbons (Fsp3) is 0.235. The number of nitrogens with one attached hydrogen (secondary N) is 1. The van der Waals surface area contributed by atoms with E-state index in [-0.39, 0.29) is 30.5 Å². The highest BCUT2D eigenvalue weighted by molar-refractivity contribution is 8.26. The molecule has 27 heavy (non-hydrogen) atoms. The van der Waals surface area contributed by atoms with Crippen molar-refractivity contribution >= 4 is 67.6 Å². The van der Waals surface area contributed by atoms with Gasteiger partial charge in [0.25, 0.3) is 5.91 Å². The number of halogens is 1. The van der Waals surface area contributed by atoms with Crippen molar-refractivity contribution in [1.29, 1.82) is 0 Å². The van der Waals surface area contributed by atoms with Crippen LogP contribution in [-0.2, 0) is 19.4 Å². The molecule has 0 saturated carbocycles. The van der Waals surface area contributed by atoms with E-state index in [1.165, 1.54) is 11.0 Å². The van der Waals surface area contributed by atoms with Gasteiger partial charge in [-0.1, -0.05) is 53.8 Å². The van der Waals surface area contributed by atoms with Crippen LogP contribution < -0.4 is 5.32 Å². The number of hydrogen-bond donors (Lipinski definition) is 1. The standard InChI is InChI=1S/C17H15ClN2O4S3/c18-13-4-2-1-3-11(13)9-14-16(22)20(17(25)26-14)7-5-15(21)19-12-6-8-27(23,24)10-12/h1-4,6,8-9,12H,5,7,10H2,(H,19,21)/b14-9+/t12-/m0/s1. The number of carbonyl (C=O) groups is 2. The van der Waals surface area contributed by atoms with Gasteiger partial charge >= 0.3 is 0 Å². The van der Waals surface area contributed by atoms with Gasteiger partial charge in [-0.15, -0.1) is 0 Å². The topological polar surface area (TPSA) is 83.6 Å². The summed E-state index contributed by atoms with van der Waals surface area (Å²) >= 11 is 12.5. The van der Waals surface area contributed by atoms with Gasteiger partial charge in [0.15, 0.2) is 9.84 Å². The Morgan fingerprint density at radius 3 is 2.81 bits per heavy atom. The predicted molar refractivity (Wildman–Crippen MR) is 111 cm³/mol. The second kappa shape index (κ2) is 8.14. The lowest BCUT2D eigenvalue weighted by Gasteiger charge is -2.15. The summed E-state index contributed by atoms with van der Waals surface area (Å²) in [6, 6.07) is 6.62. The van der Waals surface area contributed by atoms with Gasteiger partial charge in [-0.05, 0) is 23.8 Å². The van der Waals surface area contributed by atoms with E-state index in [9.17, 15) is 18.0 Å². The molecule has 0 spiro atoms. The molecule has 1 aromatic carbocycles. The van der Waals surface area contributed by atoms with Crippen molar-refractivity contribution in [1.82, 2.24) is 10.2 Å². The fourth-order valence-corrected chi connectivity index (χ4v) is 5.31. The van der Waals surface area contributed by atoms with Crippen LogP contribution in [0.15, 0.2) is 40.7 Å². The van der Waals surface area contributed by atoms with Crippen LogP contribution in [-0.4, -0.2) is 47.8 Å². The fourth-order valence-electron chi connectivity index (χ4n) is 2.58. The van der Waals surface area contributed by atoms with Gasteiger partial charge in [0.1, 0.15) is 4.32 Å². The lowest BCUT2D eigenvalue weighted by atomic mass is 10.2. The number of thiocarbonyl (C=S) groups is 1. The third-order valence-electron chi connectivity index (χ3n) is 3.90. The summed E-state index contributed by atoms with van der Waals surface area (Å²) in [6.45, 7) is 0.125. The average molecular weight is 443 g/mol. The quantitative estimate of drug-likeness (QED) is 0.556. The van der Waals surface area contributed by atoms with Crippen LogP contribution in [0.4, 0.5) is 0 Å². The molecular formula is C17H15ClN2O4S3. The molecule has 2 heterocycles. The number of rotatable bonds is 5. The van der Waals surface area contributed by atoms with Gasteiger partial charge in [-0.3, -0.25) is 14.5 Å². The Hall–Kier alpha value is -1.68. The molecule has 1 aromatic rings. The van der Waals surface area contributed by atoms with Crippen molar-refractivity contribution in [3.63, 3.8) is 0 Å². The van der Waals surface area contributed by atoms with Crippen molar-refractivity contribution in [3.8, 4) is 0 Å². The smallest absolute Gasteiger partial charge is 0.266 e. The monoisotopic (exact) mass is 442 g/mol. The van der Waals surface area contributed by atoms with E-state index in [1.807, 2.05) is 6.07 Å². The van der Waals surface area contributed by atoms with Crippen LogP contribution in [0.3, 0.4) is 0 Å². The molecular weight excluding hydrogens is 428 g/mol. The second-order valence-electron chi connectivity index (χ2n) is 5.94. The number of hydrogen-bond acceptors (Lipinski definition) is 6. The Kier molecular flexibility index (Phi) is 6.05. The van der Waals surface area contributed by atoms with Crippen LogP contribution in [0.25, 0.3) is 6.08 Å². The Bertz CT molecular complexity index is 972. The number of carbonyl (C=O) groups excluding carboxylic acids is 2. The molecule has 2 aliphatic rings. The van der Waals surface area contributed by atoms with E-state index >= 15 is 0 Å². The van der Waals surface area contributed by atoms with Crippen molar-refractivity contribution in [2.75, 3.05) is 12.3 Å². The molecule has 2 aliphatic heterocycles. The zero-order valence-electron chi connectivity index (χ0n) is 13.9. The Morgan fingerprint density at radius 2 is 2.15 bits per heavy atom. The van der Waals surface area contributed by atoms with Gasteiger partial charge in [-0.25, -0.2) is 8.42 Å². The maximum Gasteiger partial charge on any atom is 0.266 e. The predicted octanol–water partition coefficient (Wildman–Crippen LogP) is 2.36. The maximum absolute atomic E-state index is 12.6. The Labute approximate surface area is 171 Å². The molecule has 1 atom stereocenters. The average Bonchev–Trinajstić information content (AvgIpc) is 3.07. The third-order valence-corrected chi connectivity index (χ3v) is 7.02. The second-order valence-corrected chi connectivity index (χ2v) is 9.95. The van der Waals surface area contributed by atoms with E-state index in [0.717, 1.165) is 17.2 Å². The lowest BCUT2D eigenvalue weighted by Crippen LogP contribution is -2.38. The summed E-state index contributed by atoms with van der Waals surface area (Å²) in [7, 11) is -3.23. The van der Waals surface area contributed by atoms with E-state index in [2.05, 4.69) is 5.32 Å². The van der Waals surface area contributed by atoms with Gasteiger partial charge in [0, 0.05) is 23.4 Å². The number of sulfone groups is 1. The van der Waals surface area contributed by atoms with Gasteiger partial charge in [0.2, 0.25) is 5.91 Å². The van der Waals surface area contributed by atoms with Crippen molar-refractivity contribution in [3.05, 3.63) is 51.2 Å². The third kappa shape index (κ3) is 4.98. The first-order valence-corrected chi connectivity index (χ1v) is 11.3. The summed E-state index contributed by atoms with van der Waals surface area (Å²) in [4.78, 5) is 26.4. The molecule has 0 unspecified atom stereocenters. The van der Waals surface area contributed by atoms with Crippen LogP contribution in [0.2, 0.25) is 5.02 Å². The normalized spacial score (nSPS) is 22.6. The Balaban J connectivity index is 1.59. The maximum atomic E-state index is 12.6. The Morgan fingerprint density at radius 1 is 1.41 bits per heavy atom. The minimum absolute atomic E-state index is 0.0240. The highest BCUT2D eigenvalue weighted by Gasteiger charge is 2.32. The minimum Gasteiger partial charge on any atom is -0.349 e. The number of benzene rings is 1. The summed E-state index contributed by atoms with van der Waals surface area (Å²) in [6.07, 6.45) is 3.14. The van der Waals surface area contributed by atoms with Crippen LogP contribution in [0.5, 0.6) is 0 Å². The van der Waals surface area contributed by atoms with Crippen LogP contribution >= 0.6 is 35.6 Å². The van der Waals surface area contributed by atoms with Crippen molar-refractivity contribution < 1.29 is 18.0 Å². The summed E-state index contributed by atoms with van der Waals surface area (Å²) < 4.78 is 23.1. The van der Waals surface area contributed by atoms with E-state index < -0.39 is 15.9 Å². The lowest BCUT2D eigenvalue weighted by molar-refractivity contribution is -0.124. The molecule has 2 amide bonds. The molecule has 10 heteroatoms. The molecule has 1 fully saturated rings. The molecule has 6 nitrogen and oxygen atoms in total. The zero-order chi connectivity index (χ0) is 19.6. The van der Waals surface area contributed by atoms with Crippen LogP contribution in [0, 0.1) is 0 Å². The zero-order valence-corrected chi connectivity index (χ0v) is 17.1. The van der Waals surface area contributed by atoms with E-state index in [0.29, 0.717) is 19.8 Å². The first-order chi connectivity index (χ1) is 12.7. The SMILES string of the molecule is O=C(CCN1C(=O)/C(=C\c2ccccc2Cl)SC1=S)N[C@H]1C=CS(=O)(=O)C1. The number of nitrogens with zero attached hydrogens (tertiary/aromatic N) is 1. The van der Waals surface area contributed by atoms with Crippen molar-refractivity contribution in [2.45, 2.75) is 12.5 Å². The minimum atomic E-state index is -3.23. The molecule has 0 aliphatic carbocycles. The van der Waals surface area contributed by atoms with Crippen molar-refractivity contribution in [2.24, 2.45) is 0 Å². The first-order valence-electron chi connectivity index (χ1n) is 7.95. The van der Waals surface area contributed by atoms with E-state index in [4.69, 9.17) is 23.8 Å². The largest absolute Gasteiger partial charge is 0.349 e. The highest BCUT2D eigenvalue weighted by Crippen LogP contribution is 2.33. The molecule has 0 aromatic heterocycles. The van der Waals surface area contributed by atoms with Gasteiger partial charge < -0.3 is 5.32 Å². The van der Waals surface area contributed by atoms with E-state index in [1.54, 1.807) is 24.3 Å². The van der Waals surface area contributed by atoms with Crippen LogP contribution in [0.1, 0.15) is 12.0 Å². The number of amides is 2. The highest BCUT2D eigenvalue weighted by atomic mass is 35.5. The van der Waals surface area contributed by atoms with Gasteiger partial charge in [-0.2, -0.15) is 0 Å². The molecule has 0 bridgehead atoms. The summed E-state index contributed by atoms with van der Waals surface area (Å²) in [5.74, 6) is -0.757.